The van der Waals surface area contributed by atoms with Gasteiger partial charge in [0.15, 0.2) is 0 Å². The number of hydrogen-bond donors (Lipinski definition) is 2. The van der Waals surface area contributed by atoms with Gasteiger partial charge in [-0.15, -0.1) is 0 Å². The van der Waals surface area contributed by atoms with E-state index in [-0.39, 0.29) is 5.91 Å². The van der Waals surface area contributed by atoms with Gasteiger partial charge in [-0.1, -0.05) is 25.8 Å². The summed E-state index contributed by atoms with van der Waals surface area (Å²) in [5.74, 6) is 1.36. The maximum Gasteiger partial charge on any atom is 0.252 e. The summed E-state index contributed by atoms with van der Waals surface area (Å²) in [6, 6.07) is 5.38. The third-order valence-corrected chi connectivity index (χ3v) is 4.75. The minimum Gasteiger partial charge on any atom is -0.398 e. The Bertz CT molecular complexity index is 461. The maximum absolute atomic E-state index is 12.1. The van der Waals surface area contributed by atoms with E-state index < -0.39 is 0 Å². The van der Waals surface area contributed by atoms with Crippen LogP contribution in [0, 0.1) is 11.8 Å². The van der Waals surface area contributed by atoms with Gasteiger partial charge in [-0.05, 0) is 52.7 Å². The van der Waals surface area contributed by atoms with Gasteiger partial charge in [0.1, 0.15) is 0 Å². The number of rotatable bonds is 3. The van der Waals surface area contributed by atoms with Crippen molar-refractivity contribution < 1.29 is 4.79 Å². The third kappa shape index (κ3) is 3.72. The van der Waals surface area contributed by atoms with Crippen LogP contribution >= 0.6 is 15.9 Å². The molecule has 1 aliphatic carbocycles. The van der Waals surface area contributed by atoms with E-state index in [9.17, 15) is 4.79 Å². The fourth-order valence-corrected chi connectivity index (χ4v) is 3.25. The molecule has 1 amide bonds. The molecule has 3 nitrogen and oxygen atoms in total. The van der Waals surface area contributed by atoms with E-state index in [4.69, 9.17) is 5.73 Å². The number of amides is 1. The highest BCUT2D eigenvalue weighted by molar-refractivity contribution is 9.10. The fraction of sp³-hybridized carbons (Fsp3) is 0.533. The molecule has 0 aromatic heterocycles. The molecule has 2 rings (SSSR count). The molecule has 1 aromatic rings. The van der Waals surface area contributed by atoms with E-state index in [0.717, 1.165) is 12.5 Å². The van der Waals surface area contributed by atoms with Gasteiger partial charge in [-0.25, -0.2) is 0 Å². The summed E-state index contributed by atoms with van der Waals surface area (Å²) in [4.78, 5) is 12.1. The monoisotopic (exact) mass is 324 g/mol. The zero-order valence-electron chi connectivity index (χ0n) is 11.3. The molecule has 0 aliphatic heterocycles. The number of halogens is 1. The first-order valence-corrected chi connectivity index (χ1v) is 7.69. The molecule has 1 fully saturated rings. The van der Waals surface area contributed by atoms with Crippen LogP contribution in [0.15, 0.2) is 22.7 Å². The summed E-state index contributed by atoms with van der Waals surface area (Å²) in [5.41, 5.74) is 7.00. The Morgan fingerprint density at radius 1 is 1.47 bits per heavy atom. The lowest BCUT2D eigenvalue weighted by atomic mass is 9.82. The first-order valence-electron chi connectivity index (χ1n) is 6.90. The smallest absolute Gasteiger partial charge is 0.252 e. The Morgan fingerprint density at radius 3 is 3.00 bits per heavy atom. The van der Waals surface area contributed by atoms with Gasteiger partial charge in [0.05, 0.1) is 10.0 Å². The van der Waals surface area contributed by atoms with Crippen molar-refractivity contribution in [2.45, 2.75) is 32.6 Å². The van der Waals surface area contributed by atoms with E-state index in [1.54, 1.807) is 18.2 Å². The minimum absolute atomic E-state index is 0.0441. The molecule has 4 heteroatoms. The van der Waals surface area contributed by atoms with Crippen molar-refractivity contribution in [3.63, 3.8) is 0 Å². The van der Waals surface area contributed by atoms with Gasteiger partial charge in [0, 0.05) is 12.2 Å². The first-order chi connectivity index (χ1) is 9.08. The molecule has 0 spiro atoms. The molecule has 19 heavy (non-hydrogen) atoms. The Balaban J connectivity index is 1.92. The summed E-state index contributed by atoms with van der Waals surface area (Å²) in [7, 11) is 0. The molecular weight excluding hydrogens is 304 g/mol. The van der Waals surface area contributed by atoms with E-state index in [0.29, 0.717) is 21.6 Å². The highest BCUT2D eigenvalue weighted by atomic mass is 79.9. The normalized spacial score (nSPS) is 23.1. The number of benzene rings is 1. The second-order valence-electron chi connectivity index (χ2n) is 5.56. The molecule has 1 aromatic carbocycles. The van der Waals surface area contributed by atoms with Gasteiger partial charge in [-0.3, -0.25) is 4.79 Å². The highest BCUT2D eigenvalue weighted by Crippen LogP contribution is 2.28. The number of hydrogen-bond acceptors (Lipinski definition) is 2. The van der Waals surface area contributed by atoms with Crippen molar-refractivity contribution >= 4 is 27.5 Å². The molecule has 2 atom stereocenters. The fourth-order valence-electron chi connectivity index (χ4n) is 2.80. The van der Waals surface area contributed by atoms with Crippen molar-refractivity contribution in [1.29, 1.82) is 0 Å². The van der Waals surface area contributed by atoms with Crippen LogP contribution in [0.5, 0.6) is 0 Å². The van der Waals surface area contributed by atoms with Crippen LogP contribution in [-0.2, 0) is 0 Å². The van der Waals surface area contributed by atoms with Crippen molar-refractivity contribution in [2.24, 2.45) is 11.8 Å². The first kappa shape index (κ1) is 14.4. The van der Waals surface area contributed by atoms with Crippen LogP contribution < -0.4 is 11.1 Å². The van der Waals surface area contributed by atoms with Crippen LogP contribution in [-0.4, -0.2) is 12.5 Å². The van der Waals surface area contributed by atoms with E-state index in [1.807, 2.05) is 0 Å². The topological polar surface area (TPSA) is 55.1 Å². The van der Waals surface area contributed by atoms with E-state index in [2.05, 4.69) is 28.2 Å². The molecular formula is C15H21BrN2O. The van der Waals surface area contributed by atoms with Crippen molar-refractivity contribution in [1.82, 2.24) is 5.32 Å². The Hall–Kier alpha value is -1.03. The molecule has 0 radical (unpaired) electrons. The summed E-state index contributed by atoms with van der Waals surface area (Å²) in [6.45, 7) is 3.06. The summed E-state index contributed by atoms with van der Waals surface area (Å²) >= 11 is 3.37. The van der Waals surface area contributed by atoms with E-state index >= 15 is 0 Å². The second kappa shape index (κ2) is 6.42. The zero-order valence-corrected chi connectivity index (χ0v) is 12.9. The number of nitrogens with one attached hydrogen (secondary N) is 1. The third-order valence-electron chi connectivity index (χ3n) is 3.87. The Labute approximate surface area is 123 Å². The number of nitrogen functional groups attached to an aromatic ring is 1. The van der Waals surface area contributed by atoms with Gasteiger partial charge < -0.3 is 11.1 Å². The Kier molecular flexibility index (Phi) is 4.86. The standard InChI is InChI=1S/C15H21BrN2O/c1-10-4-2-5-11(8-10)9-18-15(19)12-6-3-7-13(17)14(12)16/h3,6-7,10-11H,2,4-5,8-9,17H2,1H3,(H,18,19). The molecule has 3 N–H and O–H groups in total. The molecule has 104 valence electrons. The predicted molar refractivity (Wildman–Crippen MR) is 82.0 cm³/mol. The molecule has 0 bridgehead atoms. The average Bonchev–Trinajstić information content (AvgIpc) is 2.39. The lowest BCUT2D eigenvalue weighted by Crippen LogP contribution is -2.31. The molecule has 2 unspecified atom stereocenters. The van der Waals surface area contributed by atoms with Crippen LogP contribution in [0.2, 0.25) is 0 Å². The summed E-state index contributed by atoms with van der Waals surface area (Å²) < 4.78 is 0.685. The molecule has 0 saturated heterocycles. The largest absolute Gasteiger partial charge is 0.398 e. The van der Waals surface area contributed by atoms with Gasteiger partial charge in [0.2, 0.25) is 0 Å². The molecule has 1 saturated carbocycles. The van der Waals surface area contributed by atoms with E-state index in [1.165, 1.54) is 25.7 Å². The van der Waals surface area contributed by atoms with Crippen LogP contribution in [0.1, 0.15) is 43.0 Å². The van der Waals surface area contributed by atoms with Gasteiger partial charge in [0.25, 0.3) is 5.91 Å². The summed E-state index contributed by atoms with van der Waals surface area (Å²) in [5, 5.41) is 3.03. The van der Waals surface area contributed by atoms with Crippen molar-refractivity contribution in [3.8, 4) is 0 Å². The Morgan fingerprint density at radius 2 is 2.26 bits per heavy atom. The predicted octanol–water partition coefficient (Wildman–Crippen LogP) is 3.59. The zero-order chi connectivity index (χ0) is 13.8. The van der Waals surface area contributed by atoms with Crippen LogP contribution in [0.25, 0.3) is 0 Å². The molecule has 0 heterocycles. The maximum atomic E-state index is 12.1. The number of nitrogens with two attached hydrogens (primary N) is 1. The number of carbonyl (C=O) groups is 1. The van der Waals surface area contributed by atoms with Crippen LogP contribution in [0.3, 0.4) is 0 Å². The van der Waals surface area contributed by atoms with Crippen molar-refractivity contribution in [2.75, 3.05) is 12.3 Å². The average molecular weight is 325 g/mol. The van der Waals surface area contributed by atoms with Gasteiger partial charge in [-0.2, -0.15) is 0 Å². The SMILES string of the molecule is CC1CCCC(CNC(=O)c2cccc(N)c2Br)C1. The quantitative estimate of drug-likeness (QED) is 0.835. The van der Waals surface area contributed by atoms with Crippen molar-refractivity contribution in [3.05, 3.63) is 28.2 Å². The number of anilines is 1. The highest BCUT2D eigenvalue weighted by Gasteiger charge is 2.20. The lowest BCUT2D eigenvalue weighted by Gasteiger charge is -2.26. The molecule has 1 aliphatic rings. The second-order valence-corrected chi connectivity index (χ2v) is 6.35. The number of carbonyl (C=O) groups excluding carboxylic acids is 1. The lowest BCUT2D eigenvalue weighted by molar-refractivity contribution is 0.0940. The van der Waals surface area contributed by atoms with Gasteiger partial charge >= 0.3 is 0 Å². The summed E-state index contributed by atoms with van der Waals surface area (Å²) in [6.07, 6.45) is 5.05. The minimum atomic E-state index is -0.0441. The van der Waals surface area contributed by atoms with Crippen LogP contribution in [0.4, 0.5) is 5.69 Å².